The molecule has 0 aromatic carbocycles. The van der Waals surface area contributed by atoms with Gasteiger partial charge >= 0.3 is 0 Å². The van der Waals surface area contributed by atoms with Crippen molar-refractivity contribution >= 4 is 11.6 Å². The van der Waals surface area contributed by atoms with Crippen LogP contribution in [-0.2, 0) is 6.42 Å². The molecule has 1 saturated heterocycles. The van der Waals surface area contributed by atoms with Crippen molar-refractivity contribution in [2.24, 2.45) is 0 Å². The first-order chi connectivity index (χ1) is 9.02. The van der Waals surface area contributed by atoms with Gasteiger partial charge in [0.25, 0.3) is 0 Å². The Morgan fingerprint density at radius 2 is 2.11 bits per heavy atom. The van der Waals surface area contributed by atoms with Gasteiger partial charge in [-0.3, -0.25) is 0 Å². The number of piperidine rings is 1. The van der Waals surface area contributed by atoms with Crippen LogP contribution in [0.3, 0.4) is 0 Å². The average Bonchev–Trinajstić information content (AvgIpc) is 2.41. The van der Waals surface area contributed by atoms with Gasteiger partial charge in [-0.2, -0.15) is 0 Å². The van der Waals surface area contributed by atoms with E-state index in [9.17, 15) is 0 Å². The number of likely N-dealkylation sites (N-methyl/N-ethyl adjacent to an activating group) is 1. The summed E-state index contributed by atoms with van der Waals surface area (Å²) in [4.78, 5) is 13.7. The molecule has 1 aromatic rings. The lowest BCUT2D eigenvalue weighted by Gasteiger charge is -2.37. The first-order valence-corrected chi connectivity index (χ1v) is 7.07. The van der Waals surface area contributed by atoms with E-state index in [1.165, 1.54) is 12.8 Å². The minimum Gasteiger partial charge on any atom is -0.383 e. The van der Waals surface area contributed by atoms with Gasteiger partial charge in [-0.25, -0.2) is 9.97 Å². The number of nitrogens with zero attached hydrogens (tertiary/aromatic N) is 4. The van der Waals surface area contributed by atoms with Gasteiger partial charge in [-0.15, -0.1) is 0 Å². The lowest BCUT2D eigenvalue weighted by molar-refractivity contribution is 0.257. The van der Waals surface area contributed by atoms with Crippen LogP contribution in [0.15, 0.2) is 0 Å². The third-order valence-corrected chi connectivity index (χ3v) is 3.95. The van der Waals surface area contributed by atoms with Crippen LogP contribution in [0.1, 0.15) is 31.2 Å². The second-order valence-electron chi connectivity index (χ2n) is 5.53. The summed E-state index contributed by atoms with van der Waals surface area (Å²) < 4.78 is 0. The maximum atomic E-state index is 6.01. The van der Waals surface area contributed by atoms with Crippen molar-refractivity contribution < 1.29 is 0 Å². The first-order valence-electron chi connectivity index (χ1n) is 7.07. The van der Waals surface area contributed by atoms with E-state index in [1.807, 2.05) is 6.92 Å². The van der Waals surface area contributed by atoms with Crippen LogP contribution in [0.4, 0.5) is 11.6 Å². The standard InChI is InChI=1S/C14H25N5/c1-5-12-16-13(15)10(2)14(17-12)19-8-6-7-11(9-19)18(3)4/h11H,5-9H2,1-4H3,(H2,15,16,17). The van der Waals surface area contributed by atoms with Crippen molar-refractivity contribution in [3.05, 3.63) is 11.4 Å². The average molecular weight is 263 g/mol. The molecule has 0 spiro atoms. The number of nitrogens with two attached hydrogens (primary N) is 1. The molecule has 2 heterocycles. The maximum absolute atomic E-state index is 6.01. The smallest absolute Gasteiger partial charge is 0.137 e. The minimum absolute atomic E-state index is 0.592. The van der Waals surface area contributed by atoms with Gasteiger partial charge in [0.05, 0.1) is 0 Å². The molecule has 1 unspecified atom stereocenters. The molecule has 1 fully saturated rings. The number of aromatic nitrogens is 2. The highest BCUT2D eigenvalue weighted by Gasteiger charge is 2.24. The highest BCUT2D eigenvalue weighted by Crippen LogP contribution is 2.25. The molecule has 0 aliphatic carbocycles. The Morgan fingerprint density at radius 1 is 1.37 bits per heavy atom. The monoisotopic (exact) mass is 263 g/mol. The molecule has 0 bridgehead atoms. The number of nitrogen functional groups attached to an aromatic ring is 1. The van der Waals surface area contributed by atoms with E-state index in [0.29, 0.717) is 11.9 Å². The first kappa shape index (κ1) is 14.1. The predicted molar refractivity (Wildman–Crippen MR) is 79.5 cm³/mol. The van der Waals surface area contributed by atoms with Crippen molar-refractivity contribution in [2.45, 2.75) is 39.2 Å². The Hall–Kier alpha value is -1.36. The number of aryl methyl sites for hydroxylation is 1. The van der Waals surface area contributed by atoms with E-state index in [-0.39, 0.29) is 0 Å². The molecule has 5 nitrogen and oxygen atoms in total. The van der Waals surface area contributed by atoms with Crippen LogP contribution in [0, 0.1) is 6.92 Å². The Balaban J connectivity index is 2.27. The summed E-state index contributed by atoms with van der Waals surface area (Å²) in [6.45, 7) is 6.16. The Labute approximate surface area is 115 Å². The molecule has 1 aromatic heterocycles. The summed E-state index contributed by atoms with van der Waals surface area (Å²) in [6.07, 6.45) is 3.28. The molecule has 2 N–H and O–H groups in total. The van der Waals surface area contributed by atoms with Gasteiger partial charge in [0.1, 0.15) is 17.5 Å². The van der Waals surface area contributed by atoms with Crippen LogP contribution < -0.4 is 10.6 Å². The molecular formula is C14H25N5. The predicted octanol–water partition coefficient (Wildman–Crippen LogP) is 1.46. The van der Waals surface area contributed by atoms with Gasteiger partial charge in [0.2, 0.25) is 0 Å². The quantitative estimate of drug-likeness (QED) is 0.894. The maximum Gasteiger partial charge on any atom is 0.137 e. The zero-order valence-corrected chi connectivity index (χ0v) is 12.5. The van der Waals surface area contributed by atoms with Crippen molar-refractivity contribution in [1.29, 1.82) is 0 Å². The summed E-state index contributed by atoms with van der Waals surface area (Å²) >= 11 is 0. The molecule has 1 aliphatic heterocycles. The van der Waals surface area contributed by atoms with Crippen molar-refractivity contribution in [2.75, 3.05) is 37.8 Å². The number of hydrogen-bond acceptors (Lipinski definition) is 5. The van der Waals surface area contributed by atoms with Gasteiger partial charge in [-0.1, -0.05) is 6.92 Å². The van der Waals surface area contributed by atoms with Gasteiger partial charge < -0.3 is 15.5 Å². The van der Waals surface area contributed by atoms with E-state index in [2.05, 4.69) is 40.8 Å². The highest BCUT2D eigenvalue weighted by molar-refractivity contribution is 5.56. The summed E-state index contributed by atoms with van der Waals surface area (Å²) in [6, 6.07) is 0.592. The lowest BCUT2D eigenvalue weighted by atomic mass is 10.0. The third kappa shape index (κ3) is 2.97. The molecular weight excluding hydrogens is 238 g/mol. The van der Waals surface area contributed by atoms with E-state index in [1.54, 1.807) is 0 Å². The van der Waals surface area contributed by atoms with Crippen molar-refractivity contribution in [3.63, 3.8) is 0 Å². The molecule has 0 saturated carbocycles. The zero-order valence-electron chi connectivity index (χ0n) is 12.5. The number of hydrogen-bond donors (Lipinski definition) is 1. The van der Waals surface area contributed by atoms with Gasteiger partial charge in [0.15, 0.2) is 0 Å². The van der Waals surface area contributed by atoms with E-state index in [0.717, 1.165) is 36.7 Å². The lowest BCUT2D eigenvalue weighted by Crippen LogP contribution is -2.45. The number of anilines is 2. The number of rotatable bonds is 3. The molecule has 0 radical (unpaired) electrons. The topological polar surface area (TPSA) is 58.3 Å². The van der Waals surface area contributed by atoms with E-state index >= 15 is 0 Å². The fourth-order valence-electron chi connectivity index (χ4n) is 2.60. The Kier molecular flexibility index (Phi) is 4.24. The molecule has 1 atom stereocenters. The SMILES string of the molecule is CCc1nc(N)c(C)c(N2CCCC(N(C)C)C2)n1. The minimum atomic E-state index is 0.592. The molecule has 0 amide bonds. The highest BCUT2D eigenvalue weighted by atomic mass is 15.3. The van der Waals surface area contributed by atoms with E-state index in [4.69, 9.17) is 5.73 Å². The van der Waals surface area contributed by atoms with Crippen molar-refractivity contribution in [1.82, 2.24) is 14.9 Å². The normalized spacial score (nSPS) is 20.1. The van der Waals surface area contributed by atoms with Crippen LogP contribution in [0.2, 0.25) is 0 Å². The molecule has 5 heteroatoms. The second kappa shape index (κ2) is 5.74. The summed E-state index contributed by atoms with van der Waals surface area (Å²) in [5.74, 6) is 2.48. The second-order valence-corrected chi connectivity index (χ2v) is 5.53. The fraction of sp³-hybridized carbons (Fsp3) is 0.714. The summed E-state index contributed by atoms with van der Waals surface area (Å²) in [5, 5.41) is 0. The molecule has 19 heavy (non-hydrogen) atoms. The van der Waals surface area contributed by atoms with Crippen molar-refractivity contribution in [3.8, 4) is 0 Å². The summed E-state index contributed by atoms with van der Waals surface area (Å²) in [7, 11) is 4.29. The molecule has 1 aliphatic rings. The van der Waals surface area contributed by atoms with E-state index < -0.39 is 0 Å². The third-order valence-electron chi connectivity index (χ3n) is 3.95. The van der Waals surface area contributed by atoms with Crippen LogP contribution in [-0.4, -0.2) is 48.1 Å². The Morgan fingerprint density at radius 3 is 2.74 bits per heavy atom. The Bertz CT molecular complexity index is 444. The fourth-order valence-corrected chi connectivity index (χ4v) is 2.60. The van der Waals surface area contributed by atoms with Gasteiger partial charge in [-0.05, 0) is 33.9 Å². The summed E-state index contributed by atoms with van der Waals surface area (Å²) in [5.41, 5.74) is 7.02. The molecule has 106 valence electrons. The van der Waals surface area contributed by atoms with Gasteiger partial charge in [0, 0.05) is 31.1 Å². The van der Waals surface area contributed by atoms with Crippen LogP contribution in [0.25, 0.3) is 0 Å². The van der Waals surface area contributed by atoms with Crippen LogP contribution in [0.5, 0.6) is 0 Å². The molecule has 2 rings (SSSR count). The largest absolute Gasteiger partial charge is 0.383 e. The van der Waals surface area contributed by atoms with Crippen LogP contribution >= 0.6 is 0 Å². The zero-order chi connectivity index (χ0) is 14.0.